The number of benzene rings is 1. The molecule has 0 amide bonds. The molecule has 0 radical (unpaired) electrons. The van der Waals surface area contributed by atoms with E-state index in [4.69, 9.17) is 39.3 Å². The summed E-state index contributed by atoms with van der Waals surface area (Å²) in [7, 11) is 0. The lowest BCUT2D eigenvalue weighted by Crippen LogP contribution is -1.96. The van der Waals surface area contributed by atoms with Crippen LogP contribution in [0.4, 0.5) is 0 Å². The summed E-state index contributed by atoms with van der Waals surface area (Å²) in [5.41, 5.74) is 2.75. The highest BCUT2D eigenvalue weighted by Crippen LogP contribution is 2.39. The molecule has 2 nitrogen and oxygen atoms in total. The summed E-state index contributed by atoms with van der Waals surface area (Å²) in [5.74, 6) is 0.216. The van der Waals surface area contributed by atoms with Crippen molar-refractivity contribution in [1.82, 2.24) is 5.16 Å². The Morgan fingerprint density at radius 1 is 1.12 bits per heavy atom. The van der Waals surface area contributed by atoms with Crippen molar-refractivity contribution in [3.8, 4) is 11.3 Å². The molecule has 0 saturated carbocycles. The molecular formula is C11H8Cl3NO. The molecule has 0 unspecified atom stereocenters. The van der Waals surface area contributed by atoms with Gasteiger partial charge in [0.1, 0.15) is 5.69 Å². The Kier molecular flexibility index (Phi) is 3.15. The predicted molar refractivity (Wildman–Crippen MR) is 65.9 cm³/mol. The van der Waals surface area contributed by atoms with Gasteiger partial charge in [0, 0.05) is 11.6 Å². The number of alkyl halides is 3. The van der Waals surface area contributed by atoms with Crippen LogP contribution in [0.2, 0.25) is 0 Å². The first-order valence-corrected chi connectivity index (χ1v) is 5.71. The number of hydrogen-bond donors (Lipinski definition) is 0. The lowest BCUT2D eigenvalue weighted by Gasteiger charge is -2.02. The molecule has 2 aromatic rings. The fourth-order valence-corrected chi connectivity index (χ4v) is 1.54. The van der Waals surface area contributed by atoms with Gasteiger partial charge < -0.3 is 4.52 Å². The van der Waals surface area contributed by atoms with Crippen LogP contribution in [-0.2, 0) is 3.79 Å². The van der Waals surface area contributed by atoms with E-state index in [2.05, 4.69) is 5.16 Å². The minimum absolute atomic E-state index is 0.216. The van der Waals surface area contributed by atoms with Crippen LogP contribution >= 0.6 is 34.8 Å². The fraction of sp³-hybridized carbons (Fsp3) is 0.182. The molecule has 16 heavy (non-hydrogen) atoms. The maximum Gasteiger partial charge on any atom is 0.250 e. The van der Waals surface area contributed by atoms with Gasteiger partial charge in [0.2, 0.25) is 0 Å². The first-order valence-electron chi connectivity index (χ1n) is 4.58. The SMILES string of the molecule is Cc1ccc(-c2cc(C(Cl)(Cl)Cl)on2)cc1. The van der Waals surface area contributed by atoms with Crippen molar-refractivity contribution >= 4 is 34.8 Å². The smallest absolute Gasteiger partial charge is 0.250 e. The summed E-state index contributed by atoms with van der Waals surface area (Å²) < 4.78 is 3.39. The Balaban J connectivity index is 2.35. The van der Waals surface area contributed by atoms with Crippen molar-refractivity contribution in [1.29, 1.82) is 0 Å². The van der Waals surface area contributed by atoms with Gasteiger partial charge in [0.05, 0.1) is 0 Å². The van der Waals surface area contributed by atoms with Crippen molar-refractivity contribution < 1.29 is 4.52 Å². The van der Waals surface area contributed by atoms with Gasteiger partial charge in [-0.25, -0.2) is 0 Å². The highest BCUT2D eigenvalue weighted by Gasteiger charge is 2.28. The molecule has 0 aliphatic heterocycles. The van der Waals surface area contributed by atoms with E-state index in [0.717, 1.165) is 5.56 Å². The molecule has 1 heterocycles. The fourth-order valence-electron chi connectivity index (χ4n) is 1.27. The van der Waals surface area contributed by atoms with Crippen LogP contribution in [0.3, 0.4) is 0 Å². The van der Waals surface area contributed by atoms with Gasteiger partial charge >= 0.3 is 0 Å². The molecule has 1 aromatic carbocycles. The average molecular weight is 277 g/mol. The van der Waals surface area contributed by atoms with Crippen LogP contribution in [0.1, 0.15) is 11.3 Å². The number of aromatic nitrogens is 1. The van der Waals surface area contributed by atoms with Gasteiger partial charge in [-0.1, -0.05) is 69.8 Å². The van der Waals surface area contributed by atoms with Gasteiger partial charge in [0.25, 0.3) is 3.79 Å². The van der Waals surface area contributed by atoms with Crippen LogP contribution in [0, 0.1) is 6.92 Å². The summed E-state index contributed by atoms with van der Waals surface area (Å²) >= 11 is 17.0. The standard InChI is InChI=1S/C11H8Cl3NO/c1-7-2-4-8(5-3-7)9-6-10(16-15-9)11(12,13)14/h2-6H,1H3. The molecule has 2 rings (SSSR count). The molecule has 0 aliphatic rings. The van der Waals surface area contributed by atoms with E-state index in [1.165, 1.54) is 5.56 Å². The number of hydrogen-bond acceptors (Lipinski definition) is 2. The summed E-state index contributed by atoms with van der Waals surface area (Å²) in [6, 6.07) is 9.47. The zero-order valence-corrected chi connectivity index (χ0v) is 10.6. The first kappa shape index (κ1) is 11.8. The molecule has 0 fully saturated rings. The quantitative estimate of drug-likeness (QED) is 0.718. The largest absolute Gasteiger partial charge is 0.356 e. The van der Waals surface area contributed by atoms with Crippen LogP contribution < -0.4 is 0 Å². The number of rotatable bonds is 1. The van der Waals surface area contributed by atoms with E-state index in [1.54, 1.807) is 6.07 Å². The second-order valence-electron chi connectivity index (χ2n) is 3.44. The summed E-state index contributed by atoms with van der Waals surface area (Å²) in [4.78, 5) is 0. The number of halogens is 3. The van der Waals surface area contributed by atoms with Crippen molar-refractivity contribution in [2.24, 2.45) is 0 Å². The third-order valence-electron chi connectivity index (χ3n) is 2.14. The predicted octanol–water partition coefficient (Wildman–Crippen LogP) is 4.48. The molecule has 5 heteroatoms. The minimum atomic E-state index is -1.57. The molecule has 0 saturated heterocycles. The second kappa shape index (κ2) is 4.28. The Labute approximate surface area is 108 Å². The van der Waals surface area contributed by atoms with Gasteiger partial charge in [-0.15, -0.1) is 0 Å². The molecule has 0 spiro atoms. The Bertz CT molecular complexity index is 485. The molecule has 1 aromatic heterocycles. The highest BCUT2D eigenvalue weighted by atomic mass is 35.6. The average Bonchev–Trinajstić information content (AvgIpc) is 2.67. The zero-order valence-electron chi connectivity index (χ0n) is 8.38. The first-order chi connectivity index (χ1) is 7.47. The molecule has 0 atom stereocenters. The van der Waals surface area contributed by atoms with Crippen LogP contribution in [-0.4, -0.2) is 5.16 Å². The molecule has 84 valence electrons. The maximum atomic E-state index is 5.68. The lowest BCUT2D eigenvalue weighted by atomic mass is 10.1. The van der Waals surface area contributed by atoms with Crippen LogP contribution in [0.5, 0.6) is 0 Å². The third-order valence-corrected chi connectivity index (χ3v) is 2.70. The maximum absolute atomic E-state index is 5.68. The Morgan fingerprint density at radius 2 is 1.75 bits per heavy atom. The van der Waals surface area contributed by atoms with Gasteiger partial charge in [0.15, 0.2) is 5.76 Å². The summed E-state index contributed by atoms with van der Waals surface area (Å²) in [5, 5.41) is 3.85. The van der Waals surface area contributed by atoms with Crippen molar-refractivity contribution in [3.05, 3.63) is 41.7 Å². The van der Waals surface area contributed by atoms with Crippen molar-refractivity contribution in [2.75, 3.05) is 0 Å². The molecule has 0 aliphatic carbocycles. The Morgan fingerprint density at radius 3 is 2.25 bits per heavy atom. The summed E-state index contributed by atoms with van der Waals surface area (Å²) in [6.45, 7) is 2.01. The molecule has 0 N–H and O–H groups in total. The minimum Gasteiger partial charge on any atom is -0.356 e. The third kappa shape index (κ3) is 2.51. The normalized spacial score (nSPS) is 11.8. The molecule has 0 bridgehead atoms. The van der Waals surface area contributed by atoms with Gasteiger partial charge in [-0.05, 0) is 6.92 Å². The van der Waals surface area contributed by atoms with E-state index < -0.39 is 3.79 Å². The summed E-state index contributed by atoms with van der Waals surface area (Å²) in [6.07, 6.45) is 0. The Hall–Kier alpha value is -0.700. The number of aryl methyl sites for hydroxylation is 1. The van der Waals surface area contributed by atoms with E-state index >= 15 is 0 Å². The van der Waals surface area contributed by atoms with E-state index in [1.807, 2.05) is 31.2 Å². The highest BCUT2D eigenvalue weighted by molar-refractivity contribution is 6.66. The molecular weight excluding hydrogens is 268 g/mol. The number of nitrogens with zero attached hydrogens (tertiary/aromatic N) is 1. The van der Waals surface area contributed by atoms with Gasteiger partial charge in [-0.2, -0.15) is 0 Å². The monoisotopic (exact) mass is 275 g/mol. The van der Waals surface area contributed by atoms with Crippen LogP contribution in [0.25, 0.3) is 11.3 Å². The van der Waals surface area contributed by atoms with Crippen LogP contribution in [0.15, 0.2) is 34.9 Å². The van der Waals surface area contributed by atoms with Crippen molar-refractivity contribution in [3.63, 3.8) is 0 Å². The second-order valence-corrected chi connectivity index (χ2v) is 5.72. The zero-order chi connectivity index (χ0) is 11.8. The van der Waals surface area contributed by atoms with Crippen molar-refractivity contribution in [2.45, 2.75) is 10.7 Å². The lowest BCUT2D eigenvalue weighted by molar-refractivity contribution is 0.389. The van der Waals surface area contributed by atoms with Gasteiger partial charge in [-0.3, -0.25) is 0 Å². The van der Waals surface area contributed by atoms with E-state index in [0.29, 0.717) is 5.69 Å². The topological polar surface area (TPSA) is 26.0 Å². The van der Waals surface area contributed by atoms with E-state index in [9.17, 15) is 0 Å². The van der Waals surface area contributed by atoms with E-state index in [-0.39, 0.29) is 5.76 Å².